The third-order valence-corrected chi connectivity index (χ3v) is 3.62. The number of ether oxygens (including phenoxy) is 1. The van der Waals surface area contributed by atoms with Crippen molar-refractivity contribution in [3.8, 4) is 11.6 Å². The Morgan fingerprint density at radius 2 is 2.05 bits per heavy atom. The molecule has 0 fully saturated rings. The minimum absolute atomic E-state index is 0.148. The van der Waals surface area contributed by atoms with Gasteiger partial charge in [0.25, 0.3) is 0 Å². The Morgan fingerprint density at radius 3 is 2.70 bits per heavy atom. The van der Waals surface area contributed by atoms with E-state index >= 15 is 0 Å². The summed E-state index contributed by atoms with van der Waals surface area (Å²) in [6.45, 7) is 0. The molecule has 0 atom stereocenters. The summed E-state index contributed by atoms with van der Waals surface area (Å²) in [7, 11) is -3.31. The molecular formula is C13H13N3O3S. The molecule has 20 heavy (non-hydrogen) atoms. The highest BCUT2D eigenvalue weighted by molar-refractivity contribution is 7.90. The number of nitrogens with zero attached hydrogens (tertiary/aromatic N) is 1. The van der Waals surface area contributed by atoms with Crippen LogP contribution in [0.25, 0.3) is 0 Å². The van der Waals surface area contributed by atoms with Gasteiger partial charge in [-0.15, -0.1) is 0 Å². The molecule has 0 unspecified atom stereocenters. The summed E-state index contributed by atoms with van der Waals surface area (Å²) in [4.78, 5) is 4.14. The number of amidine groups is 1. The highest BCUT2D eigenvalue weighted by atomic mass is 32.2. The van der Waals surface area contributed by atoms with E-state index in [0.29, 0.717) is 11.3 Å². The van der Waals surface area contributed by atoms with Gasteiger partial charge < -0.3 is 10.5 Å². The van der Waals surface area contributed by atoms with Crippen LogP contribution < -0.4 is 10.5 Å². The van der Waals surface area contributed by atoms with E-state index in [1.165, 1.54) is 18.3 Å². The summed E-state index contributed by atoms with van der Waals surface area (Å²) in [6, 6.07) is 9.29. The number of hydrogen-bond donors (Lipinski definition) is 2. The highest BCUT2D eigenvalue weighted by Crippen LogP contribution is 2.24. The van der Waals surface area contributed by atoms with Crippen LogP contribution in [0.3, 0.4) is 0 Å². The molecule has 0 saturated carbocycles. The van der Waals surface area contributed by atoms with Gasteiger partial charge in [-0.1, -0.05) is 6.07 Å². The summed E-state index contributed by atoms with van der Waals surface area (Å²) in [5, 5.41) is 7.45. The van der Waals surface area contributed by atoms with Gasteiger partial charge in [-0.05, 0) is 30.3 Å². The Bertz CT molecular complexity index is 757. The first-order valence-electron chi connectivity index (χ1n) is 5.65. The molecule has 1 aromatic heterocycles. The maximum absolute atomic E-state index is 11.5. The molecule has 0 radical (unpaired) electrons. The Kier molecular flexibility index (Phi) is 3.71. The minimum Gasteiger partial charge on any atom is -0.438 e. The lowest BCUT2D eigenvalue weighted by Gasteiger charge is -2.09. The zero-order chi connectivity index (χ0) is 14.8. The van der Waals surface area contributed by atoms with Crippen molar-refractivity contribution >= 4 is 15.7 Å². The first kappa shape index (κ1) is 14.0. The van der Waals surface area contributed by atoms with Gasteiger partial charge in [0.15, 0.2) is 9.84 Å². The lowest BCUT2D eigenvalue weighted by Crippen LogP contribution is -2.12. The number of nitrogen functional groups attached to an aromatic ring is 1. The van der Waals surface area contributed by atoms with Crippen LogP contribution in [0.15, 0.2) is 47.5 Å². The summed E-state index contributed by atoms with van der Waals surface area (Å²) in [6.07, 6.45) is 2.62. The fraction of sp³-hybridized carbons (Fsp3) is 0.0769. The SMILES string of the molecule is CS(=O)(=O)c1cccc(Oc2ncccc2C(=N)N)c1. The largest absolute Gasteiger partial charge is 0.438 e. The fourth-order valence-corrected chi connectivity index (χ4v) is 2.21. The van der Waals surface area contributed by atoms with Crippen LogP contribution in [0, 0.1) is 5.41 Å². The van der Waals surface area contributed by atoms with Crippen LogP contribution in [0.2, 0.25) is 0 Å². The number of hydrogen-bond acceptors (Lipinski definition) is 5. The van der Waals surface area contributed by atoms with E-state index < -0.39 is 9.84 Å². The van der Waals surface area contributed by atoms with Gasteiger partial charge in [-0.25, -0.2) is 13.4 Å². The predicted octanol–water partition coefficient (Wildman–Crippen LogP) is 1.56. The molecule has 3 N–H and O–H groups in total. The van der Waals surface area contributed by atoms with Crippen molar-refractivity contribution in [2.75, 3.05) is 6.26 Å². The predicted molar refractivity (Wildman–Crippen MR) is 74.9 cm³/mol. The zero-order valence-corrected chi connectivity index (χ0v) is 11.5. The van der Waals surface area contributed by atoms with Crippen molar-refractivity contribution in [1.82, 2.24) is 4.98 Å². The zero-order valence-electron chi connectivity index (χ0n) is 10.7. The Morgan fingerprint density at radius 1 is 1.30 bits per heavy atom. The van der Waals surface area contributed by atoms with Crippen molar-refractivity contribution in [3.05, 3.63) is 48.2 Å². The second-order valence-corrected chi connectivity index (χ2v) is 6.13. The average molecular weight is 291 g/mol. The van der Waals surface area contributed by atoms with E-state index in [4.69, 9.17) is 15.9 Å². The molecule has 0 amide bonds. The van der Waals surface area contributed by atoms with E-state index in [1.807, 2.05) is 0 Å². The molecule has 0 spiro atoms. The van der Waals surface area contributed by atoms with E-state index in [-0.39, 0.29) is 16.6 Å². The van der Waals surface area contributed by atoms with Crippen LogP contribution in [-0.4, -0.2) is 25.5 Å². The van der Waals surface area contributed by atoms with Gasteiger partial charge in [0, 0.05) is 12.5 Å². The monoisotopic (exact) mass is 291 g/mol. The quantitative estimate of drug-likeness (QED) is 0.656. The number of nitrogens with two attached hydrogens (primary N) is 1. The van der Waals surface area contributed by atoms with Crippen LogP contribution in [0.5, 0.6) is 11.6 Å². The second-order valence-electron chi connectivity index (χ2n) is 4.12. The first-order valence-corrected chi connectivity index (χ1v) is 7.54. The Balaban J connectivity index is 2.39. The second kappa shape index (κ2) is 5.30. The number of aromatic nitrogens is 1. The molecule has 2 aromatic rings. The van der Waals surface area contributed by atoms with Gasteiger partial charge in [-0.3, -0.25) is 5.41 Å². The number of sulfone groups is 1. The number of benzene rings is 1. The smallest absolute Gasteiger partial charge is 0.230 e. The van der Waals surface area contributed by atoms with Crippen molar-refractivity contribution < 1.29 is 13.2 Å². The third kappa shape index (κ3) is 3.12. The summed E-state index contributed by atoms with van der Waals surface area (Å²) in [5.74, 6) is 0.298. The third-order valence-electron chi connectivity index (χ3n) is 2.51. The van der Waals surface area contributed by atoms with E-state index in [2.05, 4.69) is 4.98 Å². The average Bonchev–Trinajstić information content (AvgIpc) is 2.38. The molecule has 1 heterocycles. The van der Waals surface area contributed by atoms with E-state index in [0.717, 1.165) is 6.26 Å². The fourth-order valence-electron chi connectivity index (χ4n) is 1.56. The van der Waals surface area contributed by atoms with Gasteiger partial charge in [-0.2, -0.15) is 0 Å². The molecule has 0 aliphatic heterocycles. The standard InChI is InChI=1S/C13H13N3O3S/c1-20(17,18)10-5-2-4-9(8-10)19-13-11(12(14)15)6-3-7-16-13/h2-8H,1H3,(H3,14,15). The number of nitrogens with one attached hydrogen (secondary N) is 1. The van der Waals surface area contributed by atoms with E-state index in [1.54, 1.807) is 24.3 Å². The van der Waals surface area contributed by atoms with Gasteiger partial charge >= 0.3 is 0 Å². The summed E-state index contributed by atoms with van der Waals surface area (Å²) >= 11 is 0. The maximum Gasteiger partial charge on any atom is 0.230 e. The molecule has 104 valence electrons. The normalized spacial score (nSPS) is 11.1. The molecular weight excluding hydrogens is 278 g/mol. The van der Waals surface area contributed by atoms with Crippen molar-refractivity contribution in [3.63, 3.8) is 0 Å². The molecule has 7 heteroatoms. The minimum atomic E-state index is -3.31. The van der Waals surface area contributed by atoms with E-state index in [9.17, 15) is 8.42 Å². The molecule has 2 rings (SSSR count). The Labute approximate surface area is 116 Å². The number of pyridine rings is 1. The van der Waals surface area contributed by atoms with Crippen molar-refractivity contribution in [2.24, 2.45) is 5.73 Å². The molecule has 0 bridgehead atoms. The molecule has 0 aliphatic carbocycles. The summed E-state index contributed by atoms with van der Waals surface area (Å²) in [5.41, 5.74) is 5.78. The Hall–Kier alpha value is -2.41. The topological polar surface area (TPSA) is 106 Å². The maximum atomic E-state index is 11.5. The van der Waals surface area contributed by atoms with Crippen LogP contribution in [0.1, 0.15) is 5.56 Å². The molecule has 0 aliphatic rings. The molecule has 1 aromatic carbocycles. The van der Waals surface area contributed by atoms with Crippen molar-refractivity contribution in [1.29, 1.82) is 5.41 Å². The van der Waals surface area contributed by atoms with Crippen LogP contribution in [0.4, 0.5) is 0 Å². The van der Waals surface area contributed by atoms with Gasteiger partial charge in [0.2, 0.25) is 5.88 Å². The summed E-state index contributed by atoms with van der Waals surface area (Å²) < 4.78 is 28.5. The van der Waals surface area contributed by atoms with Gasteiger partial charge in [0.05, 0.1) is 10.5 Å². The van der Waals surface area contributed by atoms with Crippen LogP contribution >= 0.6 is 0 Å². The molecule has 6 nitrogen and oxygen atoms in total. The highest BCUT2D eigenvalue weighted by Gasteiger charge is 2.11. The molecule has 0 saturated heterocycles. The number of rotatable bonds is 4. The lowest BCUT2D eigenvalue weighted by atomic mass is 10.2. The first-order chi connectivity index (χ1) is 9.38. The lowest BCUT2D eigenvalue weighted by molar-refractivity contribution is 0.460. The van der Waals surface area contributed by atoms with Crippen molar-refractivity contribution in [2.45, 2.75) is 4.90 Å². The van der Waals surface area contributed by atoms with Crippen LogP contribution in [-0.2, 0) is 9.84 Å². The van der Waals surface area contributed by atoms with Gasteiger partial charge in [0.1, 0.15) is 11.6 Å².